The molecule has 3 atom stereocenters. The van der Waals surface area contributed by atoms with Crippen molar-refractivity contribution in [2.45, 2.75) is 59.5 Å². The van der Waals surface area contributed by atoms with Crippen LogP contribution in [0, 0.1) is 16.7 Å². The third kappa shape index (κ3) is 2.48. The normalized spacial score (nSPS) is 33.0. The van der Waals surface area contributed by atoms with Gasteiger partial charge in [-0.25, -0.2) is 0 Å². The van der Waals surface area contributed by atoms with E-state index < -0.39 is 23.1 Å². The molecule has 5 heteroatoms. The lowest BCUT2D eigenvalue weighted by molar-refractivity contribution is -0.130. The molecular formula is C20H26O5. The number of fused-ring (bicyclic) bond motifs is 3. The number of hydrogen-bond donors (Lipinski definition) is 3. The van der Waals surface area contributed by atoms with Crippen LogP contribution in [0.2, 0.25) is 0 Å². The van der Waals surface area contributed by atoms with Gasteiger partial charge in [-0.1, -0.05) is 27.2 Å². The van der Waals surface area contributed by atoms with Gasteiger partial charge in [0, 0.05) is 34.5 Å². The van der Waals surface area contributed by atoms with Crippen molar-refractivity contribution in [3.05, 3.63) is 34.3 Å². The van der Waals surface area contributed by atoms with Gasteiger partial charge in [-0.3, -0.25) is 9.59 Å². The number of aliphatic hydroxyl groups excluding tert-OH is 3. The van der Waals surface area contributed by atoms with E-state index in [4.69, 9.17) is 0 Å². The van der Waals surface area contributed by atoms with Gasteiger partial charge in [0.2, 0.25) is 5.78 Å². The molecule has 1 fully saturated rings. The number of allylic oxidation sites excluding steroid dienone is 3. The summed E-state index contributed by atoms with van der Waals surface area (Å²) in [5.74, 6) is -1.74. The molecule has 3 rings (SSSR count). The predicted molar refractivity (Wildman–Crippen MR) is 92.9 cm³/mol. The van der Waals surface area contributed by atoms with Crippen LogP contribution in [0.1, 0.15) is 53.4 Å². The Morgan fingerprint density at radius 3 is 2.40 bits per heavy atom. The van der Waals surface area contributed by atoms with Crippen LogP contribution in [-0.2, 0) is 9.59 Å². The van der Waals surface area contributed by atoms with Gasteiger partial charge in [0.1, 0.15) is 5.76 Å². The summed E-state index contributed by atoms with van der Waals surface area (Å²) in [7, 11) is 0. The smallest absolute Gasteiger partial charge is 0.227 e. The van der Waals surface area contributed by atoms with E-state index in [-0.39, 0.29) is 40.4 Å². The first-order valence-corrected chi connectivity index (χ1v) is 8.85. The minimum atomic E-state index is -0.840. The van der Waals surface area contributed by atoms with Crippen molar-refractivity contribution in [3.8, 4) is 0 Å². The summed E-state index contributed by atoms with van der Waals surface area (Å²) >= 11 is 0. The maximum Gasteiger partial charge on any atom is 0.227 e. The highest BCUT2D eigenvalue weighted by Crippen LogP contribution is 2.60. The monoisotopic (exact) mass is 346 g/mol. The second kappa shape index (κ2) is 5.56. The lowest BCUT2D eigenvalue weighted by Crippen LogP contribution is -2.51. The van der Waals surface area contributed by atoms with Gasteiger partial charge in [0.25, 0.3) is 0 Å². The Bertz CT molecular complexity index is 750. The van der Waals surface area contributed by atoms with E-state index in [2.05, 4.69) is 0 Å². The number of carbonyl (C=O) groups excluding carboxylic acids is 2. The molecular weight excluding hydrogens is 320 g/mol. The van der Waals surface area contributed by atoms with E-state index in [0.717, 1.165) is 12.8 Å². The SMILES string of the molecule is C[C@H](O)CC1=C(O)C2=CC(=O)[C@H]3C(C)(C)CCC[C@]3(C)C2=C(O)C1=O. The fourth-order valence-electron chi connectivity index (χ4n) is 5.23. The molecule has 0 aromatic carbocycles. The average molecular weight is 346 g/mol. The first-order chi connectivity index (χ1) is 11.5. The molecule has 136 valence electrons. The summed E-state index contributed by atoms with van der Waals surface area (Å²) in [4.78, 5) is 25.6. The molecule has 0 radical (unpaired) electrons. The van der Waals surface area contributed by atoms with Crippen LogP contribution in [0.3, 0.4) is 0 Å². The molecule has 0 aromatic heterocycles. The summed E-state index contributed by atoms with van der Waals surface area (Å²) in [6.45, 7) is 7.51. The number of carbonyl (C=O) groups is 2. The second-order valence-electron chi connectivity index (χ2n) is 8.59. The first-order valence-electron chi connectivity index (χ1n) is 8.85. The standard InChI is InChI=1S/C20H26O5/c1-10(21)8-12-15(23)11-9-13(22)18-19(2,3)6-5-7-20(18,4)14(11)17(25)16(12)24/h9-10,18,21,23,25H,5-8H2,1-4H3/t10-,18-,20+/m0/s1. The molecule has 3 aliphatic carbocycles. The Morgan fingerprint density at radius 2 is 1.80 bits per heavy atom. The third-order valence-electron chi connectivity index (χ3n) is 6.11. The van der Waals surface area contributed by atoms with Crippen molar-refractivity contribution in [1.82, 2.24) is 0 Å². The van der Waals surface area contributed by atoms with Crippen LogP contribution in [0.25, 0.3) is 0 Å². The number of ketones is 2. The molecule has 0 spiro atoms. The number of hydrogen-bond acceptors (Lipinski definition) is 5. The van der Waals surface area contributed by atoms with E-state index in [0.29, 0.717) is 12.0 Å². The maximum atomic E-state index is 12.9. The van der Waals surface area contributed by atoms with Crippen LogP contribution in [0.15, 0.2) is 34.3 Å². The number of aliphatic hydroxyl groups is 3. The Balaban J connectivity index is 2.24. The van der Waals surface area contributed by atoms with Gasteiger partial charge in [0.15, 0.2) is 11.5 Å². The van der Waals surface area contributed by atoms with E-state index in [1.165, 1.54) is 13.0 Å². The third-order valence-corrected chi connectivity index (χ3v) is 6.11. The lowest BCUT2D eigenvalue weighted by atomic mass is 9.49. The lowest BCUT2D eigenvalue weighted by Gasteiger charge is -2.53. The fourth-order valence-corrected chi connectivity index (χ4v) is 5.23. The van der Waals surface area contributed by atoms with Crippen molar-refractivity contribution in [2.24, 2.45) is 16.7 Å². The van der Waals surface area contributed by atoms with Gasteiger partial charge in [-0.05, 0) is 31.3 Å². The van der Waals surface area contributed by atoms with Crippen molar-refractivity contribution >= 4 is 11.6 Å². The molecule has 25 heavy (non-hydrogen) atoms. The van der Waals surface area contributed by atoms with Crippen molar-refractivity contribution in [3.63, 3.8) is 0 Å². The maximum absolute atomic E-state index is 12.9. The molecule has 0 amide bonds. The van der Waals surface area contributed by atoms with Crippen LogP contribution in [-0.4, -0.2) is 33.0 Å². The highest BCUT2D eigenvalue weighted by atomic mass is 16.3. The predicted octanol–water partition coefficient (Wildman–Crippen LogP) is 3.31. The van der Waals surface area contributed by atoms with E-state index in [1.807, 2.05) is 20.8 Å². The van der Waals surface area contributed by atoms with Crippen molar-refractivity contribution in [1.29, 1.82) is 0 Å². The zero-order chi connectivity index (χ0) is 18.7. The van der Waals surface area contributed by atoms with Crippen LogP contribution in [0.4, 0.5) is 0 Å². The van der Waals surface area contributed by atoms with Crippen LogP contribution in [0.5, 0.6) is 0 Å². The Morgan fingerprint density at radius 1 is 1.16 bits per heavy atom. The van der Waals surface area contributed by atoms with Gasteiger partial charge in [0.05, 0.1) is 6.10 Å². The van der Waals surface area contributed by atoms with Gasteiger partial charge >= 0.3 is 0 Å². The zero-order valence-electron chi connectivity index (χ0n) is 15.2. The summed E-state index contributed by atoms with van der Waals surface area (Å²) in [6.07, 6.45) is 2.92. The van der Waals surface area contributed by atoms with Crippen LogP contribution >= 0.6 is 0 Å². The van der Waals surface area contributed by atoms with Gasteiger partial charge < -0.3 is 15.3 Å². The Labute approximate surface area is 147 Å². The number of rotatable bonds is 2. The summed E-state index contributed by atoms with van der Waals surface area (Å²) in [5.41, 5.74) is -0.336. The molecule has 0 unspecified atom stereocenters. The molecule has 0 heterocycles. The minimum Gasteiger partial charge on any atom is -0.507 e. The molecule has 0 saturated heterocycles. The van der Waals surface area contributed by atoms with E-state index in [1.54, 1.807) is 0 Å². The highest BCUT2D eigenvalue weighted by Gasteiger charge is 2.57. The summed E-state index contributed by atoms with van der Waals surface area (Å²) in [5, 5.41) is 30.9. The average Bonchev–Trinajstić information content (AvgIpc) is 2.47. The molecule has 3 N–H and O–H groups in total. The van der Waals surface area contributed by atoms with Gasteiger partial charge in [-0.15, -0.1) is 0 Å². The minimum absolute atomic E-state index is 0.0348. The van der Waals surface area contributed by atoms with Crippen molar-refractivity contribution < 1.29 is 24.9 Å². The van der Waals surface area contributed by atoms with E-state index in [9.17, 15) is 24.9 Å². The van der Waals surface area contributed by atoms with Crippen LogP contribution < -0.4 is 0 Å². The van der Waals surface area contributed by atoms with Gasteiger partial charge in [-0.2, -0.15) is 0 Å². The van der Waals surface area contributed by atoms with Crippen molar-refractivity contribution in [2.75, 3.05) is 0 Å². The largest absolute Gasteiger partial charge is 0.507 e. The van der Waals surface area contributed by atoms with E-state index >= 15 is 0 Å². The molecule has 5 nitrogen and oxygen atoms in total. The molecule has 1 saturated carbocycles. The Hall–Kier alpha value is -1.88. The summed E-state index contributed by atoms with van der Waals surface area (Å²) < 4.78 is 0. The number of Topliss-reactive ketones (excluding diaryl/α,β-unsaturated/α-hetero) is 1. The second-order valence-corrected chi connectivity index (χ2v) is 8.59. The molecule has 0 bridgehead atoms. The molecule has 0 aliphatic heterocycles. The molecule has 3 aliphatic rings. The topological polar surface area (TPSA) is 94.8 Å². The quantitative estimate of drug-likeness (QED) is 0.713. The highest BCUT2D eigenvalue weighted by molar-refractivity contribution is 6.12. The molecule has 0 aromatic rings. The summed E-state index contributed by atoms with van der Waals surface area (Å²) in [6, 6.07) is 0. The first kappa shape index (κ1) is 17.9. The fraction of sp³-hybridized carbons (Fsp3) is 0.600. The zero-order valence-corrected chi connectivity index (χ0v) is 15.2. The Kier molecular flexibility index (Phi) is 3.99.